The standard InChI is InChI=1S/C12H16N2O4/c1-3-17-11(15)7(2)18-12(16)9-5-4-8(13)6-10(9)14/h4-7H,3,13-14H2,1-2H3. The molecule has 1 atom stereocenters. The predicted octanol–water partition coefficient (Wildman–Crippen LogP) is 0.959. The number of nitrogen functional groups attached to an aromatic ring is 2. The number of carbonyl (C=O) groups excluding carboxylic acids is 2. The molecule has 0 radical (unpaired) electrons. The summed E-state index contributed by atoms with van der Waals surface area (Å²) < 4.78 is 9.66. The highest BCUT2D eigenvalue weighted by atomic mass is 16.6. The number of benzene rings is 1. The van der Waals surface area contributed by atoms with Crippen LogP contribution in [0.1, 0.15) is 24.2 Å². The Morgan fingerprint density at radius 2 is 2.00 bits per heavy atom. The molecule has 0 heterocycles. The van der Waals surface area contributed by atoms with E-state index in [1.165, 1.54) is 25.1 Å². The van der Waals surface area contributed by atoms with Gasteiger partial charge in [-0.25, -0.2) is 9.59 Å². The van der Waals surface area contributed by atoms with Crippen LogP contribution in [0.4, 0.5) is 11.4 Å². The van der Waals surface area contributed by atoms with E-state index in [9.17, 15) is 9.59 Å². The SMILES string of the molecule is CCOC(=O)C(C)OC(=O)c1ccc(N)cc1N. The molecule has 0 fully saturated rings. The van der Waals surface area contributed by atoms with Gasteiger partial charge in [0.25, 0.3) is 0 Å². The van der Waals surface area contributed by atoms with Gasteiger partial charge in [-0.05, 0) is 32.0 Å². The van der Waals surface area contributed by atoms with E-state index in [0.717, 1.165) is 0 Å². The maximum Gasteiger partial charge on any atom is 0.347 e. The van der Waals surface area contributed by atoms with Crippen molar-refractivity contribution in [2.24, 2.45) is 0 Å². The summed E-state index contributed by atoms with van der Waals surface area (Å²) >= 11 is 0. The number of rotatable bonds is 4. The molecule has 0 aliphatic heterocycles. The van der Waals surface area contributed by atoms with Gasteiger partial charge in [-0.1, -0.05) is 0 Å². The van der Waals surface area contributed by atoms with E-state index in [4.69, 9.17) is 20.9 Å². The first kappa shape index (κ1) is 13.8. The molecule has 0 amide bonds. The normalized spacial score (nSPS) is 11.7. The van der Waals surface area contributed by atoms with Gasteiger partial charge >= 0.3 is 11.9 Å². The molecule has 1 rings (SSSR count). The molecular formula is C12H16N2O4. The van der Waals surface area contributed by atoms with Crippen molar-refractivity contribution < 1.29 is 19.1 Å². The van der Waals surface area contributed by atoms with Gasteiger partial charge in [0.15, 0.2) is 6.10 Å². The lowest BCUT2D eigenvalue weighted by Gasteiger charge is -2.13. The second-order valence-corrected chi connectivity index (χ2v) is 3.65. The van der Waals surface area contributed by atoms with Crippen molar-refractivity contribution in [1.29, 1.82) is 0 Å². The summed E-state index contributed by atoms with van der Waals surface area (Å²) in [5.41, 5.74) is 12.0. The van der Waals surface area contributed by atoms with Crippen molar-refractivity contribution >= 4 is 23.3 Å². The monoisotopic (exact) mass is 252 g/mol. The molecule has 0 aromatic heterocycles. The van der Waals surface area contributed by atoms with Gasteiger partial charge in [-0.15, -0.1) is 0 Å². The predicted molar refractivity (Wildman–Crippen MR) is 66.8 cm³/mol. The molecule has 0 aliphatic carbocycles. The van der Waals surface area contributed by atoms with Crippen molar-refractivity contribution in [2.45, 2.75) is 20.0 Å². The van der Waals surface area contributed by atoms with Crippen LogP contribution < -0.4 is 11.5 Å². The Bertz CT molecular complexity index is 459. The molecule has 6 nitrogen and oxygen atoms in total. The second kappa shape index (κ2) is 5.90. The van der Waals surface area contributed by atoms with Crippen molar-refractivity contribution in [3.05, 3.63) is 23.8 Å². The molecule has 98 valence electrons. The van der Waals surface area contributed by atoms with Gasteiger partial charge in [0, 0.05) is 11.4 Å². The van der Waals surface area contributed by atoms with Crippen LogP contribution in [0, 0.1) is 0 Å². The van der Waals surface area contributed by atoms with E-state index in [1.807, 2.05) is 0 Å². The minimum atomic E-state index is -0.977. The number of ether oxygens (including phenoxy) is 2. The lowest BCUT2D eigenvalue weighted by Crippen LogP contribution is -2.26. The van der Waals surface area contributed by atoms with Crippen LogP contribution in [0.3, 0.4) is 0 Å². The highest BCUT2D eigenvalue weighted by molar-refractivity contribution is 5.96. The number of hydrogen-bond acceptors (Lipinski definition) is 6. The average Bonchev–Trinajstić information content (AvgIpc) is 2.28. The fraction of sp³-hybridized carbons (Fsp3) is 0.333. The maximum atomic E-state index is 11.7. The van der Waals surface area contributed by atoms with Crippen LogP contribution >= 0.6 is 0 Å². The lowest BCUT2D eigenvalue weighted by molar-refractivity contribution is -0.152. The van der Waals surface area contributed by atoms with E-state index >= 15 is 0 Å². The molecule has 1 unspecified atom stereocenters. The first-order chi connectivity index (χ1) is 8.45. The summed E-state index contributed by atoms with van der Waals surface area (Å²) in [7, 11) is 0. The first-order valence-corrected chi connectivity index (χ1v) is 5.48. The quantitative estimate of drug-likeness (QED) is 0.610. The summed E-state index contributed by atoms with van der Waals surface area (Å²) in [6.07, 6.45) is -0.977. The molecular weight excluding hydrogens is 236 g/mol. The zero-order valence-electron chi connectivity index (χ0n) is 10.3. The van der Waals surface area contributed by atoms with Gasteiger partial charge in [0.05, 0.1) is 12.2 Å². The molecule has 0 aliphatic rings. The van der Waals surface area contributed by atoms with E-state index in [0.29, 0.717) is 5.69 Å². The summed E-state index contributed by atoms with van der Waals surface area (Å²) in [5.74, 6) is -1.28. The fourth-order valence-electron chi connectivity index (χ4n) is 1.30. The summed E-state index contributed by atoms with van der Waals surface area (Å²) in [4.78, 5) is 23.0. The average molecular weight is 252 g/mol. The molecule has 1 aromatic rings. The number of hydrogen-bond donors (Lipinski definition) is 2. The minimum Gasteiger partial charge on any atom is -0.463 e. The zero-order valence-corrected chi connectivity index (χ0v) is 10.3. The van der Waals surface area contributed by atoms with Crippen LogP contribution in [0.25, 0.3) is 0 Å². The highest BCUT2D eigenvalue weighted by Gasteiger charge is 2.21. The molecule has 1 aromatic carbocycles. The molecule has 18 heavy (non-hydrogen) atoms. The van der Waals surface area contributed by atoms with E-state index in [2.05, 4.69) is 0 Å². The van der Waals surface area contributed by atoms with Crippen LogP contribution in [0.15, 0.2) is 18.2 Å². The third-order valence-electron chi connectivity index (χ3n) is 2.20. The summed E-state index contributed by atoms with van der Waals surface area (Å²) in [6, 6.07) is 4.43. The summed E-state index contributed by atoms with van der Waals surface area (Å²) in [5, 5.41) is 0. The van der Waals surface area contributed by atoms with Crippen LogP contribution in [-0.4, -0.2) is 24.6 Å². The van der Waals surface area contributed by atoms with Crippen molar-refractivity contribution in [3.8, 4) is 0 Å². The fourth-order valence-corrected chi connectivity index (χ4v) is 1.30. The Balaban J connectivity index is 2.73. The molecule has 0 saturated heterocycles. The molecule has 0 spiro atoms. The molecule has 6 heteroatoms. The Labute approximate surface area is 105 Å². The Kier molecular flexibility index (Phi) is 4.53. The third kappa shape index (κ3) is 3.38. The van der Waals surface area contributed by atoms with E-state index < -0.39 is 18.0 Å². The van der Waals surface area contributed by atoms with Gasteiger partial charge < -0.3 is 20.9 Å². The van der Waals surface area contributed by atoms with Crippen LogP contribution in [0.2, 0.25) is 0 Å². The lowest BCUT2D eigenvalue weighted by atomic mass is 10.1. The zero-order chi connectivity index (χ0) is 13.7. The second-order valence-electron chi connectivity index (χ2n) is 3.65. The first-order valence-electron chi connectivity index (χ1n) is 5.48. The van der Waals surface area contributed by atoms with Crippen molar-refractivity contribution in [2.75, 3.05) is 18.1 Å². The molecule has 0 saturated carbocycles. The number of nitrogens with two attached hydrogens (primary N) is 2. The number of esters is 2. The Hall–Kier alpha value is -2.24. The Morgan fingerprint density at radius 3 is 2.56 bits per heavy atom. The summed E-state index contributed by atoms with van der Waals surface area (Å²) in [6.45, 7) is 3.33. The van der Waals surface area contributed by atoms with Crippen LogP contribution in [0.5, 0.6) is 0 Å². The van der Waals surface area contributed by atoms with Gasteiger partial charge in [0.1, 0.15) is 0 Å². The smallest absolute Gasteiger partial charge is 0.347 e. The topological polar surface area (TPSA) is 105 Å². The molecule has 4 N–H and O–H groups in total. The van der Waals surface area contributed by atoms with E-state index in [1.54, 1.807) is 6.92 Å². The number of carbonyl (C=O) groups is 2. The highest BCUT2D eigenvalue weighted by Crippen LogP contribution is 2.17. The van der Waals surface area contributed by atoms with Crippen molar-refractivity contribution in [3.63, 3.8) is 0 Å². The van der Waals surface area contributed by atoms with Crippen molar-refractivity contribution in [1.82, 2.24) is 0 Å². The van der Waals surface area contributed by atoms with Gasteiger partial charge in [0.2, 0.25) is 0 Å². The third-order valence-corrected chi connectivity index (χ3v) is 2.20. The largest absolute Gasteiger partial charge is 0.463 e. The van der Waals surface area contributed by atoms with E-state index in [-0.39, 0.29) is 17.9 Å². The van der Waals surface area contributed by atoms with Gasteiger partial charge in [-0.2, -0.15) is 0 Å². The van der Waals surface area contributed by atoms with Crippen LogP contribution in [-0.2, 0) is 14.3 Å². The Morgan fingerprint density at radius 1 is 1.33 bits per heavy atom. The number of anilines is 2. The maximum absolute atomic E-state index is 11.7. The molecule has 0 bridgehead atoms. The minimum absolute atomic E-state index is 0.167. The van der Waals surface area contributed by atoms with Gasteiger partial charge in [-0.3, -0.25) is 0 Å².